The first kappa shape index (κ1) is 12.4. The van der Waals surface area contributed by atoms with Crippen molar-refractivity contribution in [3.8, 4) is 0 Å². The third-order valence-corrected chi connectivity index (χ3v) is 4.74. The maximum Gasteiger partial charge on any atom is 0.150 e. The van der Waals surface area contributed by atoms with Crippen LogP contribution in [-0.4, -0.2) is 36.4 Å². The molecule has 5 nitrogen and oxygen atoms in total. The quantitative estimate of drug-likeness (QED) is 0.838. The molecular formula is C11H17N3O2S. The summed E-state index contributed by atoms with van der Waals surface area (Å²) in [6.45, 7) is 3.26. The molecule has 1 aromatic rings. The van der Waals surface area contributed by atoms with Gasteiger partial charge in [0.1, 0.15) is 5.82 Å². The molecule has 0 saturated carbocycles. The fourth-order valence-electron chi connectivity index (χ4n) is 2.04. The Hall–Kier alpha value is -1.01. The molecule has 1 atom stereocenters. The third-order valence-electron chi connectivity index (χ3n) is 2.90. The monoisotopic (exact) mass is 255 g/mol. The summed E-state index contributed by atoms with van der Waals surface area (Å²) in [5.74, 6) is 1.67. The van der Waals surface area contributed by atoms with E-state index in [2.05, 4.69) is 15.3 Å². The first-order valence-corrected chi connectivity index (χ1v) is 7.57. The van der Waals surface area contributed by atoms with E-state index in [0.717, 1.165) is 24.5 Å². The number of nitrogens with zero attached hydrogens (tertiary/aromatic N) is 2. The van der Waals surface area contributed by atoms with E-state index in [-0.39, 0.29) is 5.92 Å². The van der Waals surface area contributed by atoms with Crippen LogP contribution >= 0.6 is 0 Å². The van der Waals surface area contributed by atoms with Crippen molar-refractivity contribution in [1.29, 1.82) is 0 Å². The van der Waals surface area contributed by atoms with Gasteiger partial charge in [-0.25, -0.2) is 18.4 Å². The zero-order valence-corrected chi connectivity index (χ0v) is 10.7. The molecule has 0 bridgehead atoms. The van der Waals surface area contributed by atoms with Gasteiger partial charge in [0.15, 0.2) is 9.84 Å². The highest BCUT2D eigenvalue weighted by Crippen LogP contribution is 2.17. The zero-order valence-electron chi connectivity index (χ0n) is 9.89. The number of aryl methyl sites for hydroxylation is 1. The Balaban J connectivity index is 1.77. The summed E-state index contributed by atoms with van der Waals surface area (Å²) in [4.78, 5) is 8.30. The van der Waals surface area contributed by atoms with E-state index in [1.165, 1.54) is 0 Å². The van der Waals surface area contributed by atoms with Gasteiger partial charge in [0, 0.05) is 12.7 Å². The molecule has 1 N–H and O–H groups in total. The van der Waals surface area contributed by atoms with Gasteiger partial charge in [0.25, 0.3) is 0 Å². The third kappa shape index (κ3) is 3.74. The Kier molecular flexibility index (Phi) is 3.73. The van der Waals surface area contributed by atoms with Crippen LogP contribution in [-0.2, 0) is 16.4 Å². The van der Waals surface area contributed by atoms with Crippen LogP contribution in [0, 0.1) is 12.8 Å². The molecule has 0 aliphatic carbocycles. The number of nitrogens with one attached hydrogen (secondary N) is 1. The standard InChI is InChI=1S/C11H17N3O2S/c1-9-13-4-2-11(14-9)7-12-6-10-3-5-17(15,16)8-10/h2,4,10,12H,3,5-8H2,1H3. The minimum Gasteiger partial charge on any atom is -0.311 e. The molecule has 0 spiro atoms. The Morgan fingerprint density at radius 2 is 2.35 bits per heavy atom. The van der Waals surface area contributed by atoms with Crippen molar-refractivity contribution in [2.45, 2.75) is 19.9 Å². The largest absolute Gasteiger partial charge is 0.311 e. The lowest BCUT2D eigenvalue weighted by Crippen LogP contribution is -2.23. The average Bonchev–Trinajstić information content (AvgIpc) is 2.58. The predicted octanol–water partition coefficient (Wildman–Crippen LogP) is 0.309. The number of hydrogen-bond donors (Lipinski definition) is 1. The second-order valence-corrected chi connectivity index (χ2v) is 6.72. The van der Waals surface area contributed by atoms with Crippen molar-refractivity contribution in [3.05, 3.63) is 23.8 Å². The normalized spacial score (nSPS) is 22.8. The van der Waals surface area contributed by atoms with Crippen LogP contribution in [0.1, 0.15) is 17.9 Å². The first-order chi connectivity index (χ1) is 8.05. The smallest absolute Gasteiger partial charge is 0.150 e. The van der Waals surface area contributed by atoms with E-state index in [1.54, 1.807) is 6.20 Å². The maximum absolute atomic E-state index is 11.3. The number of rotatable bonds is 4. The van der Waals surface area contributed by atoms with Gasteiger partial charge in [-0.05, 0) is 31.9 Å². The molecule has 0 amide bonds. The summed E-state index contributed by atoms with van der Waals surface area (Å²) in [5, 5.41) is 3.25. The summed E-state index contributed by atoms with van der Waals surface area (Å²) in [6, 6.07) is 1.87. The van der Waals surface area contributed by atoms with Gasteiger partial charge in [0.2, 0.25) is 0 Å². The van der Waals surface area contributed by atoms with Crippen LogP contribution in [0.4, 0.5) is 0 Å². The summed E-state index contributed by atoms with van der Waals surface area (Å²) in [5.41, 5.74) is 0.943. The van der Waals surface area contributed by atoms with E-state index in [4.69, 9.17) is 0 Å². The topological polar surface area (TPSA) is 72.0 Å². The number of hydrogen-bond acceptors (Lipinski definition) is 5. The Labute approximate surface area is 102 Å². The second kappa shape index (κ2) is 5.10. The van der Waals surface area contributed by atoms with Gasteiger partial charge in [0.05, 0.1) is 17.2 Å². The van der Waals surface area contributed by atoms with Gasteiger partial charge < -0.3 is 5.32 Å². The highest BCUT2D eigenvalue weighted by atomic mass is 32.2. The van der Waals surface area contributed by atoms with Crippen LogP contribution in [0.2, 0.25) is 0 Å². The van der Waals surface area contributed by atoms with Crippen molar-refractivity contribution < 1.29 is 8.42 Å². The molecule has 2 rings (SSSR count). The van der Waals surface area contributed by atoms with Crippen molar-refractivity contribution >= 4 is 9.84 Å². The molecule has 1 aliphatic heterocycles. The maximum atomic E-state index is 11.3. The van der Waals surface area contributed by atoms with E-state index in [1.807, 2.05) is 13.0 Å². The summed E-state index contributed by atoms with van der Waals surface area (Å²) in [7, 11) is -2.76. The van der Waals surface area contributed by atoms with Gasteiger partial charge in [-0.2, -0.15) is 0 Å². The zero-order chi connectivity index (χ0) is 12.3. The highest BCUT2D eigenvalue weighted by Gasteiger charge is 2.27. The molecule has 2 heterocycles. The second-order valence-electron chi connectivity index (χ2n) is 4.50. The minimum absolute atomic E-state index is 0.253. The lowest BCUT2D eigenvalue weighted by Gasteiger charge is -2.09. The van der Waals surface area contributed by atoms with Crippen LogP contribution in [0.3, 0.4) is 0 Å². The van der Waals surface area contributed by atoms with E-state index in [9.17, 15) is 8.42 Å². The predicted molar refractivity (Wildman–Crippen MR) is 65.2 cm³/mol. The van der Waals surface area contributed by atoms with E-state index in [0.29, 0.717) is 18.1 Å². The Morgan fingerprint density at radius 3 is 3.00 bits per heavy atom. The van der Waals surface area contributed by atoms with Crippen LogP contribution < -0.4 is 5.32 Å². The molecule has 1 saturated heterocycles. The first-order valence-electron chi connectivity index (χ1n) is 5.75. The fourth-order valence-corrected chi connectivity index (χ4v) is 3.90. The minimum atomic E-state index is -2.76. The molecule has 1 aliphatic rings. The van der Waals surface area contributed by atoms with Crippen LogP contribution in [0.25, 0.3) is 0 Å². The van der Waals surface area contributed by atoms with Gasteiger partial charge >= 0.3 is 0 Å². The Bertz CT molecular complexity index is 487. The van der Waals surface area contributed by atoms with E-state index >= 15 is 0 Å². The summed E-state index contributed by atoms with van der Waals surface area (Å²) < 4.78 is 22.5. The molecule has 6 heteroatoms. The summed E-state index contributed by atoms with van der Waals surface area (Å²) in [6.07, 6.45) is 2.51. The van der Waals surface area contributed by atoms with Crippen molar-refractivity contribution in [2.24, 2.45) is 5.92 Å². The Morgan fingerprint density at radius 1 is 1.53 bits per heavy atom. The molecule has 1 unspecified atom stereocenters. The van der Waals surface area contributed by atoms with Crippen LogP contribution in [0.5, 0.6) is 0 Å². The van der Waals surface area contributed by atoms with Gasteiger partial charge in [-0.15, -0.1) is 0 Å². The lowest BCUT2D eigenvalue weighted by molar-refractivity contribution is 0.517. The SMILES string of the molecule is Cc1nccc(CNCC2CCS(=O)(=O)C2)n1. The number of sulfone groups is 1. The highest BCUT2D eigenvalue weighted by molar-refractivity contribution is 7.91. The average molecular weight is 255 g/mol. The van der Waals surface area contributed by atoms with Crippen molar-refractivity contribution in [3.63, 3.8) is 0 Å². The fraction of sp³-hybridized carbons (Fsp3) is 0.636. The van der Waals surface area contributed by atoms with Crippen LogP contribution in [0.15, 0.2) is 12.3 Å². The number of aromatic nitrogens is 2. The van der Waals surface area contributed by atoms with E-state index < -0.39 is 9.84 Å². The van der Waals surface area contributed by atoms with Crippen molar-refractivity contribution in [2.75, 3.05) is 18.1 Å². The molecule has 0 radical (unpaired) electrons. The molecule has 17 heavy (non-hydrogen) atoms. The lowest BCUT2D eigenvalue weighted by atomic mass is 10.1. The van der Waals surface area contributed by atoms with Gasteiger partial charge in [-0.1, -0.05) is 0 Å². The molecule has 94 valence electrons. The molecule has 1 fully saturated rings. The molecular weight excluding hydrogens is 238 g/mol. The molecule has 1 aromatic heterocycles. The van der Waals surface area contributed by atoms with Crippen molar-refractivity contribution in [1.82, 2.24) is 15.3 Å². The molecule has 0 aromatic carbocycles. The summed E-state index contributed by atoms with van der Waals surface area (Å²) >= 11 is 0. The van der Waals surface area contributed by atoms with Gasteiger partial charge in [-0.3, -0.25) is 0 Å².